The lowest BCUT2D eigenvalue weighted by atomic mass is 10.1. The number of aromatic amines is 2. The summed E-state index contributed by atoms with van der Waals surface area (Å²) in [6.45, 7) is 1.57. The molecule has 6 rings (SSSR count). The molecule has 6 heterocycles. The molecule has 6 aromatic rings. The van der Waals surface area contributed by atoms with Crippen molar-refractivity contribution >= 4 is 39.1 Å². The molecule has 0 saturated heterocycles. The molecule has 0 aromatic carbocycles. The van der Waals surface area contributed by atoms with Crippen LogP contribution in [0, 0.1) is 0 Å². The molecule has 0 saturated carbocycles. The van der Waals surface area contributed by atoms with Gasteiger partial charge >= 0.3 is 0 Å². The van der Waals surface area contributed by atoms with Gasteiger partial charge in [-0.2, -0.15) is 5.10 Å². The second kappa shape index (κ2) is 7.17. The van der Waals surface area contributed by atoms with Gasteiger partial charge in [-0.1, -0.05) is 0 Å². The monoisotopic (exact) mass is 437 g/mol. The van der Waals surface area contributed by atoms with Crippen molar-refractivity contribution in [2.24, 2.45) is 0 Å². The molecule has 32 heavy (non-hydrogen) atoms. The van der Waals surface area contributed by atoms with Crippen LogP contribution >= 0.6 is 11.3 Å². The molecule has 154 valence electrons. The van der Waals surface area contributed by atoms with E-state index in [2.05, 4.69) is 41.2 Å². The Labute approximate surface area is 185 Å². The Kier molecular flexibility index (Phi) is 4.15. The molecule has 0 aliphatic heterocycles. The van der Waals surface area contributed by atoms with Gasteiger partial charge in [-0.15, -0.1) is 11.3 Å². The van der Waals surface area contributed by atoms with Crippen LogP contribution in [0.25, 0.3) is 55.0 Å². The van der Waals surface area contributed by atoms with Crippen molar-refractivity contribution in [3.8, 4) is 33.1 Å². The normalized spacial score (nSPS) is 11.4. The fourth-order valence-corrected chi connectivity index (χ4v) is 4.66. The van der Waals surface area contributed by atoms with Crippen molar-refractivity contribution in [2.75, 3.05) is 0 Å². The number of pyridine rings is 2. The molecular formula is C23H15N7OS. The largest absolute Gasteiger partial charge is 0.353 e. The summed E-state index contributed by atoms with van der Waals surface area (Å²) in [5.41, 5.74) is 5.93. The van der Waals surface area contributed by atoms with E-state index in [1.807, 2.05) is 24.3 Å². The summed E-state index contributed by atoms with van der Waals surface area (Å²) in [7, 11) is 0. The highest BCUT2D eigenvalue weighted by molar-refractivity contribution is 7.17. The molecule has 0 unspecified atom stereocenters. The first-order valence-corrected chi connectivity index (χ1v) is 10.7. The number of fused-ring (bicyclic) bond motifs is 2. The third kappa shape index (κ3) is 2.98. The van der Waals surface area contributed by atoms with Crippen molar-refractivity contribution in [3.63, 3.8) is 0 Å². The number of nitrogens with zero attached hydrogens (tertiary/aromatic N) is 5. The highest BCUT2D eigenvalue weighted by atomic mass is 32.1. The summed E-state index contributed by atoms with van der Waals surface area (Å²) in [6, 6.07) is 9.81. The predicted molar refractivity (Wildman–Crippen MR) is 123 cm³/mol. The number of nitrogens with one attached hydrogen (secondary N) is 2. The topological polar surface area (TPSA) is 113 Å². The SMILES string of the molecule is CC(=O)c1ccc(-c2nccc3[nH]c(-c4[nH]nc5ncc(-c6cncnc6)cc45)cc23)s1. The molecule has 0 fully saturated rings. The molecular weight excluding hydrogens is 422 g/mol. The van der Waals surface area contributed by atoms with Crippen LogP contribution in [0.3, 0.4) is 0 Å². The molecule has 0 aliphatic carbocycles. The summed E-state index contributed by atoms with van der Waals surface area (Å²) < 4.78 is 0. The van der Waals surface area contributed by atoms with Crippen LogP contribution in [-0.4, -0.2) is 40.9 Å². The molecule has 0 amide bonds. The van der Waals surface area contributed by atoms with E-state index >= 15 is 0 Å². The lowest BCUT2D eigenvalue weighted by Gasteiger charge is -2.00. The van der Waals surface area contributed by atoms with Gasteiger partial charge in [0.2, 0.25) is 0 Å². The van der Waals surface area contributed by atoms with E-state index < -0.39 is 0 Å². The average molecular weight is 437 g/mol. The van der Waals surface area contributed by atoms with Crippen LogP contribution in [-0.2, 0) is 0 Å². The van der Waals surface area contributed by atoms with E-state index in [9.17, 15) is 4.79 Å². The first-order chi connectivity index (χ1) is 15.7. The number of carbonyl (C=O) groups is 1. The number of thiophene rings is 1. The van der Waals surface area contributed by atoms with Crippen LogP contribution in [0.15, 0.2) is 61.4 Å². The van der Waals surface area contributed by atoms with Gasteiger partial charge in [-0.25, -0.2) is 15.0 Å². The number of rotatable bonds is 4. The van der Waals surface area contributed by atoms with Crippen molar-refractivity contribution < 1.29 is 4.79 Å². The van der Waals surface area contributed by atoms with E-state index in [1.165, 1.54) is 17.7 Å². The molecule has 0 radical (unpaired) electrons. The van der Waals surface area contributed by atoms with Gasteiger partial charge < -0.3 is 4.98 Å². The number of ketones is 1. The summed E-state index contributed by atoms with van der Waals surface area (Å²) in [5, 5.41) is 9.34. The lowest BCUT2D eigenvalue weighted by Crippen LogP contribution is -1.85. The second-order valence-corrected chi connectivity index (χ2v) is 8.43. The van der Waals surface area contributed by atoms with Gasteiger partial charge in [0.15, 0.2) is 11.4 Å². The van der Waals surface area contributed by atoms with Gasteiger partial charge in [-0.3, -0.25) is 14.9 Å². The van der Waals surface area contributed by atoms with Crippen molar-refractivity contribution in [1.82, 2.24) is 35.1 Å². The standard InChI is InChI=1S/C23H15N7OS/c1-12(31)19-2-3-20(32-19)22-15-7-18(28-17(15)4-5-26-22)21-16-6-13(10-27-23(16)30-29-21)14-8-24-11-25-9-14/h2-11,28H,1H3,(H,27,29,30). The summed E-state index contributed by atoms with van der Waals surface area (Å²) in [4.78, 5) is 34.1. The highest BCUT2D eigenvalue weighted by Gasteiger charge is 2.16. The predicted octanol–water partition coefficient (Wildman–Crippen LogP) is 4.89. The minimum absolute atomic E-state index is 0.0548. The molecule has 0 bridgehead atoms. The van der Waals surface area contributed by atoms with Gasteiger partial charge in [0.05, 0.1) is 26.8 Å². The van der Waals surface area contributed by atoms with Crippen LogP contribution in [0.1, 0.15) is 16.6 Å². The third-order valence-electron chi connectivity index (χ3n) is 5.31. The third-order valence-corrected chi connectivity index (χ3v) is 6.50. The molecule has 2 N–H and O–H groups in total. The molecule has 0 aliphatic rings. The fourth-order valence-electron chi connectivity index (χ4n) is 3.75. The van der Waals surface area contributed by atoms with Gasteiger partial charge in [0.1, 0.15) is 6.33 Å². The summed E-state index contributed by atoms with van der Waals surface area (Å²) >= 11 is 1.45. The van der Waals surface area contributed by atoms with E-state index in [4.69, 9.17) is 0 Å². The summed E-state index contributed by atoms with van der Waals surface area (Å²) in [6.07, 6.45) is 8.55. The van der Waals surface area contributed by atoms with Crippen LogP contribution in [0.2, 0.25) is 0 Å². The fraction of sp³-hybridized carbons (Fsp3) is 0.0435. The number of H-pyrrole nitrogens is 2. The quantitative estimate of drug-likeness (QED) is 0.380. The Bertz CT molecular complexity index is 1610. The maximum Gasteiger partial charge on any atom is 0.181 e. The maximum absolute atomic E-state index is 11.7. The van der Waals surface area contributed by atoms with E-state index in [0.717, 1.165) is 54.3 Å². The van der Waals surface area contributed by atoms with Crippen molar-refractivity contribution in [3.05, 3.63) is 66.3 Å². The zero-order chi connectivity index (χ0) is 21.7. The van der Waals surface area contributed by atoms with Crippen molar-refractivity contribution in [2.45, 2.75) is 6.92 Å². The van der Waals surface area contributed by atoms with Gasteiger partial charge in [0, 0.05) is 52.2 Å². The number of aromatic nitrogens is 7. The van der Waals surface area contributed by atoms with E-state index in [-0.39, 0.29) is 5.78 Å². The zero-order valence-corrected chi connectivity index (χ0v) is 17.6. The van der Waals surface area contributed by atoms with Crippen LogP contribution in [0.4, 0.5) is 0 Å². The highest BCUT2D eigenvalue weighted by Crippen LogP contribution is 2.36. The van der Waals surface area contributed by atoms with Crippen LogP contribution < -0.4 is 0 Å². The smallest absolute Gasteiger partial charge is 0.181 e. The first kappa shape index (κ1) is 18.5. The minimum atomic E-state index is 0.0548. The second-order valence-electron chi connectivity index (χ2n) is 7.34. The van der Waals surface area contributed by atoms with Crippen molar-refractivity contribution in [1.29, 1.82) is 0 Å². The minimum Gasteiger partial charge on any atom is -0.353 e. The molecule has 9 heteroatoms. The van der Waals surface area contributed by atoms with Gasteiger partial charge in [-0.05, 0) is 37.3 Å². The maximum atomic E-state index is 11.7. The Hall–Kier alpha value is -4.24. The average Bonchev–Trinajstić information content (AvgIpc) is 3.56. The number of hydrogen-bond donors (Lipinski definition) is 2. The van der Waals surface area contributed by atoms with E-state index in [0.29, 0.717) is 5.65 Å². The Balaban J connectivity index is 1.49. The van der Waals surface area contributed by atoms with Crippen LogP contribution in [0.5, 0.6) is 0 Å². The Morgan fingerprint density at radius 2 is 1.84 bits per heavy atom. The molecule has 6 aromatic heterocycles. The molecule has 8 nitrogen and oxygen atoms in total. The van der Waals surface area contributed by atoms with E-state index in [1.54, 1.807) is 31.7 Å². The molecule has 0 atom stereocenters. The van der Waals surface area contributed by atoms with Gasteiger partial charge in [0.25, 0.3) is 0 Å². The number of carbonyl (C=O) groups excluding carboxylic acids is 1. The zero-order valence-electron chi connectivity index (χ0n) is 16.8. The Morgan fingerprint density at radius 1 is 0.969 bits per heavy atom. The lowest BCUT2D eigenvalue weighted by molar-refractivity contribution is 0.102. The number of hydrogen-bond acceptors (Lipinski definition) is 7. The first-order valence-electron chi connectivity index (χ1n) is 9.86. The molecule has 0 spiro atoms. The number of Topliss-reactive ketones (excluding diaryl/α,β-unsaturated/α-hetero) is 1. The summed E-state index contributed by atoms with van der Waals surface area (Å²) in [5.74, 6) is 0.0548. The Morgan fingerprint density at radius 3 is 2.66 bits per heavy atom.